The lowest BCUT2D eigenvalue weighted by Crippen LogP contribution is -2.14. The molecular weight excluding hydrogens is 312 g/mol. The maximum atomic E-state index is 12.6. The Morgan fingerprint density at radius 1 is 0.864 bits per heavy atom. The summed E-state index contributed by atoms with van der Waals surface area (Å²) in [6.07, 6.45) is -9.92. The van der Waals surface area contributed by atoms with Crippen molar-refractivity contribution in [1.29, 1.82) is 0 Å². The summed E-state index contributed by atoms with van der Waals surface area (Å²) < 4.78 is 80.7. The summed E-state index contributed by atoms with van der Waals surface area (Å²) in [6, 6.07) is 8.69. The Morgan fingerprint density at radius 2 is 1.50 bits per heavy atom. The van der Waals surface area contributed by atoms with Crippen LogP contribution in [0.3, 0.4) is 0 Å². The fourth-order valence-corrected chi connectivity index (χ4v) is 1.62. The van der Waals surface area contributed by atoms with Gasteiger partial charge in [-0.25, -0.2) is 4.98 Å². The Balaban J connectivity index is 2.30. The van der Waals surface area contributed by atoms with Gasteiger partial charge in [0.15, 0.2) is 0 Å². The van der Waals surface area contributed by atoms with Gasteiger partial charge in [-0.05, 0) is 11.6 Å². The zero-order chi connectivity index (χ0) is 16.4. The maximum absolute atomic E-state index is 12.6. The molecule has 1 aromatic heterocycles. The molecule has 0 radical (unpaired) electrons. The van der Waals surface area contributed by atoms with Crippen LogP contribution < -0.4 is 4.74 Å². The lowest BCUT2D eigenvalue weighted by molar-refractivity contribution is -0.145. The molecule has 0 aliphatic rings. The Morgan fingerprint density at radius 3 is 2.05 bits per heavy atom. The highest BCUT2D eigenvalue weighted by Crippen LogP contribution is 2.36. The molecule has 1 aromatic carbocycles. The van der Waals surface area contributed by atoms with Crippen LogP contribution in [0.5, 0.6) is 5.88 Å². The van der Waals surface area contributed by atoms with Crippen LogP contribution in [0.1, 0.15) is 16.8 Å². The molecule has 0 unspecified atom stereocenters. The second-order valence-electron chi connectivity index (χ2n) is 4.35. The van der Waals surface area contributed by atoms with Gasteiger partial charge in [-0.15, -0.1) is 0 Å². The highest BCUT2D eigenvalue weighted by molar-refractivity contribution is 5.29. The van der Waals surface area contributed by atoms with Gasteiger partial charge in [0.1, 0.15) is 12.3 Å². The van der Waals surface area contributed by atoms with E-state index in [1.54, 1.807) is 30.3 Å². The molecule has 0 aliphatic heterocycles. The molecule has 2 aromatic rings. The van der Waals surface area contributed by atoms with Crippen molar-refractivity contribution in [3.8, 4) is 5.88 Å². The summed E-state index contributed by atoms with van der Waals surface area (Å²) in [5.41, 5.74) is -2.52. The average molecular weight is 321 g/mol. The molecule has 0 aliphatic carbocycles. The van der Waals surface area contributed by atoms with E-state index in [0.29, 0.717) is 11.6 Å². The van der Waals surface area contributed by atoms with Crippen LogP contribution in [0.15, 0.2) is 42.5 Å². The Kier molecular flexibility index (Phi) is 4.30. The van der Waals surface area contributed by atoms with E-state index in [2.05, 4.69) is 4.98 Å². The number of aromatic nitrogens is 1. The third-order valence-corrected chi connectivity index (χ3v) is 2.65. The molecule has 0 spiro atoms. The van der Waals surface area contributed by atoms with Gasteiger partial charge in [0.25, 0.3) is 0 Å². The lowest BCUT2D eigenvalue weighted by atomic mass is 10.2. The molecule has 1 heterocycles. The molecule has 0 atom stereocenters. The predicted molar refractivity (Wildman–Crippen MR) is 65.0 cm³/mol. The minimum Gasteiger partial charge on any atom is -0.473 e. The molecule has 2 rings (SSSR count). The first kappa shape index (κ1) is 16.1. The van der Waals surface area contributed by atoms with Gasteiger partial charge < -0.3 is 4.74 Å². The number of alkyl halides is 6. The van der Waals surface area contributed by atoms with Crippen LogP contribution in [0.2, 0.25) is 0 Å². The fraction of sp³-hybridized carbons (Fsp3) is 0.214. The van der Waals surface area contributed by atoms with E-state index >= 15 is 0 Å². The summed E-state index contributed by atoms with van der Waals surface area (Å²) >= 11 is 0. The van der Waals surface area contributed by atoms with Crippen LogP contribution in [0.25, 0.3) is 0 Å². The molecule has 0 saturated heterocycles. The summed E-state index contributed by atoms with van der Waals surface area (Å²) in [5.74, 6) is -0.731. The first-order valence-electron chi connectivity index (χ1n) is 5.99. The van der Waals surface area contributed by atoms with E-state index in [4.69, 9.17) is 4.74 Å². The van der Waals surface area contributed by atoms with Gasteiger partial charge >= 0.3 is 12.4 Å². The van der Waals surface area contributed by atoms with E-state index < -0.39 is 29.5 Å². The van der Waals surface area contributed by atoms with Crippen molar-refractivity contribution >= 4 is 0 Å². The minimum atomic E-state index is -4.99. The molecule has 8 heteroatoms. The predicted octanol–water partition coefficient (Wildman–Crippen LogP) is 4.70. The topological polar surface area (TPSA) is 22.1 Å². The second kappa shape index (κ2) is 5.86. The number of hydrogen-bond donors (Lipinski definition) is 0. The zero-order valence-electron chi connectivity index (χ0n) is 10.9. The van der Waals surface area contributed by atoms with Crippen molar-refractivity contribution in [2.75, 3.05) is 0 Å². The number of hydrogen-bond acceptors (Lipinski definition) is 2. The number of halogens is 6. The Hall–Kier alpha value is -2.25. The summed E-state index contributed by atoms with van der Waals surface area (Å²) in [4.78, 5) is 3.09. The van der Waals surface area contributed by atoms with Crippen LogP contribution in [-0.2, 0) is 19.0 Å². The van der Waals surface area contributed by atoms with Gasteiger partial charge in [-0.3, -0.25) is 0 Å². The lowest BCUT2D eigenvalue weighted by Gasteiger charge is -2.13. The van der Waals surface area contributed by atoms with E-state index in [1.165, 1.54) is 0 Å². The third kappa shape index (κ3) is 4.12. The molecular formula is C14H9F6NO. The standard InChI is InChI=1S/C14H9F6NO/c15-13(16,17)10-6-11(14(18,19)20)21-12(7-10)22-8-9-4-2-1-3-5-9/h1-7H,8H2. The first-order valence-corrected chi connectivity index (χ1v) is 5.99. The molecule has 2 nitrogen and oxygen atoms in total. The molecule has 0 fully saturated rings. The quantitative estimate of drug-likeness (QED) is 0.765. The zero-order valence-corrected chi connectivity index (χ0v) is 10.9. The van der Waals surface area contributed by atoms with Gasteiger partial charge in [0.2, 0.25) is 5.88 Å². The SMILES string of the molecule is FC(F)(F)c1cc(OCc2ccccc2)nc(C(F)(F)F)c1. The van der Waals surface area contributed by atoms with E-state index in [1.807, 2.05) is 0 Å². The van der Waals surface area contributed by atoms with Crippen LogP contribution in [-0.4, -0.2) is 4.98 Å². The second-order valence-corrected chi connectivity index (χ2v) is 4.35. The van der Waals surface area contributed by atoms with Crippen molar-refractivity contribution in [2.45, 2.75) is 19.0 Å². The van der Waals surface area contributed by atoms with Crippen LogP contribution in [0, 0.1) is 0 Å². The normalized spacial score (nSPS) is 12.3. The molecule has 22 heavy (non-hydrogen) atoms. The van der Waals surface area contributed by atoms with E-state index in [-0.39, 0.29) is 12.7 Å². The van der Waals surface area contributed by atoms with Gasteiger partial charge in [0, 0.05) is 6.07 Å². The monoisotopic (exact) mass is 321 g/mol. The Labute approximate surface area is 121 Å². The van der Waals surface area contributed by atoms with Crippen molar-refractivity contribution < 1.29 is 31.1 Å². The van der Waals surface area contributed by atoms with E-state index in [9.17, 15) is 26.3 Å². The van der Waals surface area contributed by atoms with Crippen LogP contribution >= 0.6 is 0 Å². The first-order chi connectivity index (χ1) is 10.2. The number of benzene rings is 1. The molecule has 118 valence electrons. The van der Waals surface area contributed by atoms with Gasteiger partial charge in [0.05, 0.1) is 5.56 Å². The minimum absolute atomic E-state index is 0.0463. The third-order valence-electron chi connectivity index (χ3n) is 2.65. The highest BCUT2D eigenvalue weighted by Gasteiger charge is 2.38. The van der Waals surface area contributed by atoms with Crippen molar-refractivity contribution in [3.63, 3.8) is 0 Å². The fourth-order valence-electron chi connectivity index (χ4n) is 1.62. The van der Waals surface area contributed by atoms with Crippen molar-refractivity contribution in [2.24, 2.45) is 0 Å². The molecule has 0 amide bonds. The highest BCUT2D eigenvalue weighted by atomic mass is 19.4. The molecule has 0 N–H and O–H groups in total. The maximum Gasteiger partial charge on any atom is 0.433 e. The van der Waals surface area contributed by atoms with Crippen molar-refractivity contribution in [1.82, 2.24) is 4.98 Å². The van der Waals surface area contributed by atoms with E-state index in [0.717, 1.165) is 0 Å². The van der Waals surface area contributed by atoms with Gasteiger partial charge in [-0.2, -0.15) is 26.3 Å². The molecule has 0 bridgehead atoms. The summed E-state index contributed by atoms with van der Waals surface area (Å²) in [5, 5.41) is 0. The number of rotatable bonds is 3. The number of pyridine rings is 1. The average Bonchev–Trinajstić information content (AvgIpc) is 2.44. The summed E-state index contributed by atoms with van der Waals surface area (Å²) in [6.45, 7) is -0.188. The molecule has 0 saturated carbocycles. The summed E-state index contributed by atoms with van der Waals surface area (Å²) in [7, 11) is 0. The smallest absolute Gasteiger partial charge is 0.433 e. The number of ether oxygens (including phenoxy) is 1. The van der Waals surface area contributed by atoms with Gasteiger partial charge in [-0.1, -0.05) is 30.3 Å². The van der Waals surface area contributed by atoms with Crippen molar-refractivity contribution in [3.05, 3.63) is 59.3 Å². The Bertz CT molecular complexity index is 604. The largest absolute Gasteiger partial charge is 0.473 e. The number of nitrogens with zero attached hydrogens (tertiary/aromatic N) is 1. The van der Waals surface area contributed by atoms with Crippen LogP contribution in [0.4, 0.5) is 26.3 Å².